The first-order valence-electron chi connectivity index (χ1n) is 6.32. The molecule has 0 bridgehead atoms. The summed E-state index contributed by atoms with van der Waals surface area (Å²) >= 11 is 0. The fourth-order valence-electron chi connectivity index (χ4n) is 1.15. The van der Waals surface area contributed by atoms with E-state index in [9.17, 15) is 14.4 Å². The molecule has 0 saturated carbocycles. The summed E-state index contributed by atoms with van der Waals surface area (Å²) in [5.41, 5.74) is 0.131. The zero-order chi connectivity index (χ0) is 16.3. The smallest absolute Gasteiger partial charge is 0.408 e. The minimum atomic E-state index is -0.565. The fourth-order valence-corrected chi connectivity index (χ4v) is 1.15. The van der Waals surface area contributed by atoms with Crippen molar-refractivity contribution in [3.8, 4) is 5.75 Å². The van der Waals surface area contributed by atoms with E-state index in [2.05, 4.69) is 5.32 Å². The van der Waals surface area contributed by atoms with E-state index < -0.39 is 11.7 Å². The molecular formula is C15H21NO5. The van der Waals surface area contributed by atoms with Gasteiger partial charge in [-0.15, -0.1) is 0 Å². The molecule has 0 spiro atoms. The molecule has 1 N–H and O–H groups in total. The van der Waals surface area contributed by atoms with Gasteiger partial charge in [-0.3, -0.25) is 4.79 Å². The summed E-state index contributed by atoms with van der Waals surface area (Å²) in [4.78, 5) is 30.7. The third-order valence-corrected chi connectivity index (χ3v) is 1.96. The number of hydrogen-bond acceptors (Lipinski definition) is 5. The largest absolute Gasteiger partial charge is 0.497 e. The molecule has 0 aromatic heterocycles. The van der Waals surface area contributed by atoms with Crippen molar-refractivity contribution in [2.45, 2.75) is 26.4 Å². The Labute approximate surface area is 124 Å². The van der Waals surface area contributed by atoms with Gasteiger partial charge in [0, 0.05) is 5.56 Å². The Bertz CT molecular complexity index is 465. The molecule has 0 fully saturated rings. The summed E-state index contributed by atoms with van der Waals surface area (Å²) in [6, 6.07) is 7.00. The number of benzene rings is 1. The lowest BCUT2D eigenvalue weighted by Crippen LogP contribution is -2.33. The van der Waals surface area contributed by atoms with Crippen LogP contribution in [0.25, 0.3) is 0 Å². The van der Waals surface area contributed by atoms with Gasteiger partial charge in [-0.25, -0.2) is 4.79 Å². The number of amides is 1. The minimum absolute atomic E-state index is 0.00505. The van der Waals surface area contributed by atoms with Crippen LogP contribution in [0, 0.1) is 0 Å². The Morgan fingerprint density at radius 1 is 1.29 bits per heavy atom. The molecule has 0 saturated heterocycles. The number of methoxy groups -OCH3 is 1. The molecule has 1 rings (SSSR count). The van der Waals surface area contributed by atoms with Crippen LogP contribution in [0.15, 0.2) is 24.3 Å². The van der Waals surface area contributed by atoms with Crippen molar-refractivity contribution in [3.05, 3.63) is 29.8 Å². The van der Waals surface area contributed by atoms with Gasteiger partial charge in [-0.05, 0) is 32.9 Å². The second kappa shape index (κ2) is 9.52. The van der Waals surface area contributed by atoms with Crippen LogP contribution in [-0.4, -0.2) is 37.9 Å². The normalized spacial score (nSPS) is 9.71. The molecule has 0 unspecified atom stereocenters. The van der Waals surface area contributed by atoms with Crippen LogP contribution in [0.4, 0.5) is 4.79 Å². The zero-order valence-corrected chi connectivity index (χ0v) is 12.7. The Morgan fingerprint density at radius 2 is 1.95 bits per heavy atom. The van der Waals surface area contributed by atoms with Crippen molar-refractivity contribution in [2.75, 3.05) is 13.7 Å². The Balaban J connectivity index is 0.000000382. The van der Waals surface area contributed by atoms with E-state index in [1.807, 2.05) is 0 Å². The number of carbonyl (C=O) groups excluding carboxylic acids is 3. The first-order valence-corrected chi connectivity index (χ1v) is 6.32. The van der Waals surface area contributed by atoms with E-state index >= 15 is 0 Å². The van der Waals surface area contributed by atoms with Crippen molar-refractivity contribution in [1.29, 1.82) is 0 Å². The fraction of sp³-hybridized carbons (Fsp3) is 0.400. The molecule has 116 valence electrons. The number of aldehydes is 2. The van der Waals surface area contributed by atoms with Crippen LogP contribution in [-0.2, 0) is 9.53 Å². The molecular weight excluding hydrogens is 274 g/mol. The van der Waals surface area contributed by atoms with E-state index in [1.165, 1.54) is 0 Å². The standard InChI is InChI=1S/C8H8O2.C7H13NO3/c1-10-8-4-2-3-7(5-8)6-9;1-7(2,3)11-6(10)8-4-5-9/h2-6H,1H3;5H,4H2,1-3H3,(H,8,10). The van der Waals surface area contributed by atoms with Crippen LogP contribution in [0.5, 0.6) is 5.75 Å². The number of carbonyl (C=O) groups is 3. The highest BCUT2D eigenvalue weighted by molar-refractivity contribution is 5.75. The van der Waals surface area contributed by atoms with E-state index in [-0.39, 0.29) is 6.54 Å². The molecule has 1 aromatic rings. The lowest BCUT2D eigenvalue weighted by molar-refractivity contribution is -0.107. The zero-order valence-electron chi connectivity index (χ0n) is 12.7. The predicted octanol–water partition coefficient (Wildman–Crippen LogP) is 2.22. The van der Waals surface area contributed by atoms with Crippen LogP contribution < -0.4 is 10.1 Å². The van der Waals surface area contributed by atoms with Gasteiger partial charge in [-0.2, -0.15) is 0 Å². The van der Waals surface area contributed by atoms with Gasteiger partial charge >= 0.3 is 6.09 Å². The van der Waals surface area contributed by atoms with Gasteiger partial charge in [0.15, 0.2) is 0 Å². The van der Waals surface area contributed by atoms with Crippen molar-refractivity contribution >= 4 is 18.7 Å². The molecule has 1 aromatic carbocycles. The maximum Gasteiger partial charge on any atom is 0.408 e. The second-order valence-corrected chi connectivity index (χ2v) is 4.94. The summed E-state index contributed by atoms with van der Waals surface area (Å²) in [6.07, 6.45) is 0.830. The van der Waals surface area contributed by atoms with Crippen LogP contribution in [0.3, 0.4) is 0 Å². The maximum absolute atomic E-state index is 10.7. The summed E-state index contributed by atoms with van der Waals surface area (Å²) < 4.78 is 9.73. The SMILES string of the molecule is CC(C)(C)OC(=O)NCC=O.COc1cccc(C=O)c1. The van der Waals surface area contributed by atoms with Gasteiger partial charge < -0.3 is 19.6 Å². The summed E-state index contributed by atoms with van der Waals surface area (Å²) in [5.74, 6) is 0.713. The first kappa shape index (κ1) is 18.6. The number of nitrogens with one attached hydrogen (secondary N) is 1. The topological polar surface area (TPSA) is 81.7 Å². The highest BCUT2D eigenvalue weighted by atomic mass is 16.6. The molecule has 0 aliphatic rings. The van der Waals surface area contributed by atoms with Crippen molar-refractivity contribution in [1.82, 2.24) is 5.32 Å². The average Bonchev–Trinajstić information content (AvgIpc) is 2.44. The van der Waals surface area contributed by atoms with E-state index in [0.29, 0.717) is 17.6 Å². The number of ether oxygens (including phenoxy) is 2. The quantitative estimate of drug-likeness (QED) is 0.861. The van der Waals surface area contributed by atoms with Crippen LogP contribution >= 0.6 is 0 Å². The predicted molar refractivity (Wildman–Crippen MR) is 78.7 cm³/mol. The van der Waals surface area contributed by atoms with Gasteiger partial charge in [0.05, 0.1) is 13.7 Å². The van der Waals surface area contributed by atoms with Crippen LogP contribution in [0.1, 0.15) is 31.1 Å². The number of hydrogen-bond donors (Lipinski definition) is 1. The van der Waals surface area contributed by atoms with Gasteiger partial charge in [-0.1, -0.05) is 12.1 Å². The monoisotopic (exact) mass is 295 g/mol. The van der Waals surface area contributed by atoms with Crippen molar-refractivity contribution < 1.29 is 23.9 Å². The minimum Gasteiger partial charge on any atom is -0.497 e. The third kappa shape index (κ3) is 10.1. The summed E-state index contributed by atoms with van der Waals surface area (Å²) in [6.45, 7) is 5.27. The highest BCUT2D eigenvalue weighted by Gasteiger charge is 2.14. The Morgan fingerprint density at radius 3 is 2.43 bits per heavy atom. The van der Waals surface area contributed by atoms with Gasteiger partial charge in [0.25, 0.3) is 0 Å². The Hall–Kier alpha value is -2.37. The van der Waals surface area contributed by atoms with E-state index in [4.69, 9.17) is 9.47 Å². The third-order valence-electron chi connectivity index (χ3n) is 1.96. The summed E-state index contributed by atoms with van der Waals surface area (Å²) in [7, 11) is 1.57. The van der Waals surface area contributed by atoms with Crippen LogP contribution in [0.2, 0.25) is 0 Å². The molecule has 0 aliphatic heterocycles. The van der Waals surface area contributed by atoms with Crippen molar-refractivity contribution in [2.24, 2.45) is 0 Å². The molecule has 0 aliphatic carbocycles. The van der Waals surface area contributed by atoms with Crippen molar-refractivity contribution in [3.63, 3.8) is 0 Å². The lowest BCUT2D eigenvalue weighted by atomic mass is 10.2. The molecule has 1 amide bonds. The van der Waals surface area contributed by atoms with E-state index in [1.54, 1.807) is 52.1 Å². The molecule has 0 heterocycles. The molecule has 21 heavy (non-hydrogen) atoms. The van der Waals surface area contributed by atoms with Gasteiger partial charge in [0.2, 0.25) is 0 Å². The molecule has 0 radical (unpaired) electrons. The lowest BCUT2D eigenvalue weighted by Gasteiger charge is -2.18. The maximum atomic E-state index is 10.7. The molecule has 6 nitrogen and oxygen atoms in total. The second-order valence-electron chi connectivity index (χ2n) is 4.94. The summed E-state index contributed by atoms with van der Waals surface area (Å²) in [5, 5.41) is 2.26. The van der Waals surface area contributed by atoms with Gasteiger partial charge in [0.1, 0.15) is 23.9 Å². The Kier molecular flexibility index (Phi) is 8.45. The highest BCUT2D eigenvalue weighted by Crippen LogP contribution is 2.10. The number of alkyl carbamates (subject to hydrolysis) is 1. The number of rotatable bonds is 4. The average molecular weight is 295 g/mol. The first-order chi connectivity index (χ1) is 9.82. The molecule has 0 atom stereocenters. The van der Waals surface area contributed by atoms with E-state index in [0.717, 1.165) is 6.29 Å². The molecule has 6 heteroatoms.